The van der Waals surface area contributed by atoms with Gasteiger partial charge in [0.1, 0.15) is 0 Å². The molecule has 0 aliphatic heterocycles. The van der Waals surface area contributed by atoms with E-state index in [1.807, 2.05) is 11.8 Å². The summed E-state index contributed by atoms with van der Waals surface area (Å²) in [6, 6.07) is 9.13. The summed E-state index contributed by atoms with van der Waals surface area (Å²) in [4.78, 5) is 1.40. The van der Waals surface area contributed by atoms with Crippen LogP contribution in [-0.2, 0) is 5.41 Å². The molecule has 0 unspecified atom stereocenters. The third-order valence-electron chi connectivity index (χ3n) is 4.26. The second kappa shape index (κ2) is 6.13. The Balaban J connectivity index is 1.96. The van der Waals surface area contributed by atoms with Gasteiger partial charge in [0.15, 0.2) is 0 Å². The number of hydrogen-bond donors (Lipinski definition) is 1. The highest BCUT2D eigenvalue weighted by molar-refractivity contribution is 7.99. The molecule has 0 bridgehead atoms. The molecule has 1 fully saturated rings. The van der Waals surface area contributed by atoms with Crippen molar-refractivity contribution >= 4 is 24.4 Å². The van der Waals surface area contributed by atoms with Gasteiger partial charge >= 0.3 is 0 Å². The van der Waals surface area contributed by atoms with E-state index < -0.39 is 0 Å². The van der Waals surface area contributed by atoms with E-state index in [1.54, 1.807) is 0 Å². The van der Waals surface area contributed by atoms with Gasteiger partial charge < -0.3 is 0 Å². The first-order valence-corrected chi connectivity index (χ1v) is 8.91. The highest BCUT2D eigenvalue weighted by Crippen LogP contribution is 2.43. The summed E-state index contributed by atoms with van der Waals surface area (Å²) in [5.74, 6) is 2.27. The maximum absolute atomic E-state index is 4.59. The normalized spacial score (nSPS) is 18.7. The molecule has 1 saturated carbocycles. The van der Waals surface area contributed by atoms with E-state index in [0.717, 1.165) is 5.75 Å². The van der Waals surface area contributed by atoms with Crippen molar-refractivity contribution in [3.05, 3.63) is 29.8 Å². The topological polar surface area (TPSA) is 0 Å². The summed E-state index contributed by atoms with van der Waals surface area (Å²) in [5, 5.41) is 0. The van der Waals surface area contributed by atoms with Gasteiger partial charge in [-0.15, -0.1) is 11.8 Å². The number of thiol groups is 1. The predicted molar refractivity (Wildman–Crippen MR) is 90.6 cm³/mol. The average molecular weight is 295 g/mol. The van der Waals surface area contributed by atoms with Gasteiger partial charge in [-0.3, -0.25) is 0 Å². The number of benzene rings is 1. The van der Waals surface area contributed by atoms with Crippen LogP contribution in [0.3, 0.4) is 0 Å². The van der Waals surface area contributed by atoms with Crippen LogP contribution in [0, 0.1) is 5.41 Å². The molecule has 1 aliphatic rings. The first kappa shape index (κ1) is 15.3. The highest BCUT2D eigenvalue weighted by Gasteiger charge is 2.32. The van der Waals surface area contributed by atoms with Crippen LogP contribution in [0.2, 0.25) is 0 Å². The number of hydrogen-bond acceptors (Lipinski definition) is 2. The molecule has 0 N–H and O–H groups in total. The molecule has 1 aliphatic carbocycles. The fraction of sp³-hybridized carbons (Fsp3) is 0.647. The largest absolute Gasteiger partial charge is 0.179 e. The molecule has 0 radical (unpaired) electrons. The van der Waals surface area contributed by atoms with Gasteiger partial charge in [-0.25, -0.2) is 0 Å². The van der Waals surface area contributed by atoms with Gasteiger partial charge in [0.05, 0.1) is 0 Å². The molecule has 0 spiro atoms. The predicted octanol–water partition coefficient (Wildman–Crippen LogP) is 5.57. The van der Waals surface area contributed by atoms with Crippen LogP contribution < -0.4 is 0 Å². The molecule has 106 valence electrons. The van der Waals surface area contributed by atoms with Crippen LogP contribution in [0.4, 0.5) is 0 Å². The van der Waals surface area contributed by atoms with Gasteiger partial charge in [-0.2, -0.15) is 12.6 Å². The van der Waals surface area contributed by atoms with Gasteiger partial charge in [-0.1, -0.05) is 45.7 Å². The second-order valence-electron chi connectivity index (χ2n) is 6.93. The summed E-state index contributed by atoms with van der Waals surface area (Å²) in [6.45, 7) is 6.80. The molecule has 2 heteroatoms. The molecule has 0 aromatic heterocycles. The molecule has 0 saturated heterocycles. The third-order valence-corrected chi connectivity index (χ3v) is 6.30. The maximum Gasteiger partial charge on any atom is 0.00723 e. The van der Waals surface area contributed by atoms with Gasteiger partial charge in [0, 0.05) is 10.6 Å². The highest BCUT2D eigenvalue weighted by atomic mass is 32.2. The lowest BCUT2D eigenvalue weighted by atomic mass is 9.87. The Bertz CT molecular complexity index is 394. The van der Waals surface area contributed by atoms with E-state index in [1.165, 1.54) is 41.9 Å². The van der Waals surface area contributed by atoms with Crippen LogP contribution in [0.15, 0.2) is 29.2 Å². The van der Waals surface area contributed by atoms with Crippen molar-refractivity contribution in [2.45, 2.75) is 56.8 Å². The minimum atomic E-state index is 0.251. The molecular formula is C17H26S2. The molecule has 0 heterocycles. The Morgan fingerprint density at radius 3 is 2.16 bits per heavy atom. The molecule has 1 aromatic carbocycles. The quantitative estimate of drug-likeness (QED) is 0.560. The van der Waals surface area contributed by atoms with E-state index >= 15 is 0 Å². The van der Waals surface area contributed by atoms with E-state index in [0.29, 0.717) is 5.41 Å². The standard InChI is InChI=1S/C17H26S2/c1-16(2,3)14-6-8-15(9-7-14)19-13-17(12-18)10-4-5-11-17/h6-9,18H,4-5,10-13H2,1-3H3. The fourth-order valence-corrected chi connectivity index (χ4v) is 4.53. The van der Waals surface area contributed by atoms with Crippen LogP contribution in [0.1, 0.15) is 52.0 Å². The summed E-state index contributed by atoms with van der Waals surface area (Å²) in [6.07, 6.45) is 5.52. The summed E-state index contributed by atoms with van der Waals surface area (Å²) < 4.78 is 0. The minimum absolute atomic E-state index is 0.251. The Hall–Kier alpha value is -0.0800. The summed E-state index contributed by atoms with van der Waals surface area (Å²) in [5.41, 5.74) is 2.17. The van der Waals surface area contributed by atoms with Crippen molar-refractivity contribution in [3.63, 3.8) is 0 Å². The fourth-order valence-electron chi connectivity index (χ4n) is 2.76. The lowest BCUT2D eigenvalue weighted by molar-refractivity contribution is 0.403. The van der Waals surface area contributed by atoms with E-state index in [2.05, 4.69) is 57.7 Å². The SMILES string of the molecule is CC(C)(C)c1ccc(SCC2(CS)CCCC2)cc1. The molecule has 0 amide bonds. The van der Waals surface area contributed by atoms with Crippen LogP contribution in [0.5, 0.6) is 0 Å². The minimum Gasteiger partial charge on any atom is -0.179 e. The first-order valence-electron chi connectivity index (χ1n) is 7.29. The molecular weight excluding hydrogens is 268 g/mol. The van der Waals surface area contributed by atoms with Gasteiger partial charge in [0.25, 0.3) is 0 Å². The van der Waals surface area contributed by atoms with Crippen LogP contribution in [0.25, 0.3) is 0 Å². The lowest BCUT2D eigenvalue weighted by Crippen LogP contribution is -2.21. The second-order valence-corrected chi connectivity index (χ2v) is 8.29. The Morgan fingerprint density at radius 1 is 1.11 bits per heavy atom. The van der Waals surface area contributed by atoms with Crippen molar-refractivity contribution in [2.24, 2.45) is 5.41 Å². The van der Waals surface area contributed by atoms with Crippen LogP contribution in [-0.4, -0.2) is 11.5 Å². The molecule has 0 nitrogen and oxygen atoms in total. The van der Waals surface area contributed by atoms with Gasteiger partial charge in [-0.05, 0) is 47.1 Å². The summed E-state index contributed by atoms with van der Waals surface area (Å²) in [7, 11) is 0. The average Bonchev–Trinajstić information content (AvgIpc) is 2.85. The van der Waals surface area contributed by atoms with Crippen molar-refractivity contribution in [1.29, 1.82) is 0 Å². The van der Waals surface area contributed by atoms with Crippen molar-refractivity contribution in [3.8, 4) is 0 Å². The van der Waals surface area contributed by atoms with Crippen molar-refractivity contribution < 1.29 is 0 Å². The number of rotatable bonds is 4. The molecule has 19 heavy (non-hydrogen) atoms. The van der Waals surface area contributed by atoms with E-state index in [-0.39, 0.29) is 5.41 Å². The third kappa shape index (κ3) is 3.95. The first-order chi connectivity index (χ1) is 8.95. The molecule has 0 atom stereocenters. The van der Waals surface area contributed by atoms with Crippen molar-refractivity contribution in [1.82, 2.24) is 0 Å². The maximum atomic E-state index is 4.59. The van der Waals surface area contributed by atoms with E-state index in [9.17, 15) is 0 Å². The number of thioether (sulfide) groups is 1. The zero-order valence-corrected chi connectivity index (χ0v) is 14.1. The molecule has 2 rings (SSSR count). The zero-order valence-electron chi connectivity index (χ0n) is 12.4. The Morgan fingerprint density at radius 2 is 1.68 bits per heavy atom. The van der Waals surface area contributed by atoms with Crippen molar-refractivity contribution in [2.75, 3.05) is 11.5 Å². The van der Waals surface area contributed by atoms with Gasteiger partial charge in [0.2, 0.25) is 0 Å². The lowest BCUT2D eigenvalue weighted by Gasteiger charge is -2.26. The Kier molecular flexibility index (Phi) is 4.94. The van der Waals surface area contributed by atoms with Crippen LogP contribution >= 0.6 is 24.4 Å². The Labute approximate surface area is 128 Å². The monoisotopic (exact) mass is 294 g/mol. The summed E-state index contributed by atoms with van der Waals surface area (Å²) >= 11 is 6.60. The molecule has 1 aromatic rings. The van der Waals surface area contributed by atoms with E-state index in [4.69, 9.17) is 0 Å². The smallest absolute Gasteiger partial charge is 0.00723 e. The zero-order chi connectivity index (χ0) is 13.9.